The highest BCUT2D eigenvalue weighted by Gasteiger charge is 2.20. The van der Waals surface area contributed by atoms with Gasteiger partial charge in [0.1, 0.15) is 0 Å². The summed E-state index contributed by atoms with van der Waals surface area (Å²) >= 11 is 0. The van der Waals surface area contributed by atoms with E-state index in [0.717, 1.165) is 6.54 Å². The number of likely N-dealkylation sites (N-methyl/N-ethyl adjacent to an activating group) is 2. The van der Waals surface area contributed by atoms with Gasteiger partial charge in [-0.2, -0.15) is 0 Å². The predicted molar refractivity (Wildman–Crippen MR) is 62.0 cm³/mol. The lowest BCUT2D eigenvalue weighted by Crippen LogP contribution is -2.44. The van der Waals surface area contributed by atoms with Gasteiger partial charge in [0.05, 0.1) is 6.10 Å². The molecule has 0 rings (SSSR count). The second-order valence-corrected chi connectivity index (χ2v) is 4.33. The summed E-state index contributed by atoms with van der Waals surface area (Å²) in [6.07, 6.45) is -0.278. The molecule has 0 spiro atoms. The van der Waals surface area contributed by atoms with E-state index in [2.05, 4.69) is 4.90 Å². The maximum absolute atomic E-state index is 11.7. The first-order valence-corrected chi connectivity index (χ1v) is 5.50. The van der Waals surface area contributed by atoms with Crippen LogP contribution in [-0.2, 0) is 4.74 Å². The lowest BCUT2D eigenvalue weighted by Gasteiger charge is -2.29. The van der Waals surface area contributed by atoms with Gasteiger partial charge in [0, 0.05) is 19.1 Å². The van der Waals surface area contributed by atoms with E-state index in [-0.39, 0.29) is 18.2 Å². The highest BCUT2D eigenvalue weighted by Crippen LogP contribution is 2.04. The smallest absolute Gasteiger partial charge is 0.410 e. The number of carbonyl (C=O) groups excluding carboxylic acids is 1. The van der Waals surface area contributed by atoms with Crippen LogP contribution in [0, 0.1) is 0 Å². The molecule has 15 heavy (non-hydrogen) atoms. The number of amides is 1. The normalized spacial score (nSPS) is 13.1. The van der Waals surface area contributed by atoms with Crippen LogP contribution in [0.15, 0.2) is 0 Å². The van der Waals surface area contributed by atoms with Gasteiger partial charge in [-0.1, -0.05) is 0 Å². The molecule has 0 aliphatic heterocycles. The minimum absolute atomic E-state index is 0.0573. The van der Waals surface area contributed by atoms with E-state index in [1.54, 1.807) is 4.90 Å². The van der Waals surface area contributed by atoms with Crippen molar-refractivity contribution in [3.05, 3.63) is 0 Å². The van der Waals surface area contributed by atoms with Gasteiger partial charge in [-0.25, -0.2) is 4.79 Å². The largest absolute Gasteiger partial charge is 0.447 e. The van der Waals surface area contributed by atoms with Crippen LogP contribution in [0.5, 0.6) is 0 Å². The Morgan fingerprint density at radius 2 is 1.80 bits per heavy atom. The molecule has 0 aromatic rings. The average molecular weight is 216 g/mol. The minimum Gasteiger partial charge on any atom is -0.447 e. The molecule has 4 heteroatoms. The maximum atomic E-state index is 11.7. The van der Waals surface area contributed by atoms with E-state index in [4.69, 9.17) is 4.74 Å². The van der Waals surface area contributed by atoms with E-state index in [1.165, 1.54) is 0 Å². The Labute approximate surface area is 93.2 Å². The zero-order chi connectivity index (χ0) is 12.0. The first-order valence-electron chi connectivity index (χ1n) is 5.50. The SMILES string of the molecule is CCN(C(=O)OC(C)C)C(C)CN(C)C. The molecule has 1 atom stereocenters. The number of rotatable bonds is 5. The molecular weight excluding hydrogens is 192 g/mol. The summed E-state index contributed by atoms with van der Waals surface area (Å²) in [5.41, 5.74) is 0. The molecule has 1 amide bonds. The lowest BCUT2D eigenvalue weighted by molar-refractivity contribution is 0.0634. The second-order valence-electron chi connectivity index (χ2n) is 4.33. The van der Waals surface area contributed by atoms with Crippen LogP contribution in [0.4, 0.5) is 4.79 Å². The molecule has 0 saturated carbocycles. The Hall–Kier alpha value is -0.770. The van der Waals surface area contributed by atoms with Crippen molar-refractivity contribution in [3.8, 4) is 0 Å². The summed E-state index contributed by atoms with van der Waals surface area (Å²) in [6.45, 7) is 9.26. The Morgan fingerprint density at radius 1 is 1.27 bits per heavy atom. The van der Waals surface area contributed by atoms with Crippen molar-refractivity contribution in [2.45, 2.75) is 39.8 Å². The average Bonchev–Trinajstić information content (AvgIpc) is 2.01. The first kappa shape index (κ1) is 14.2. The standard InChI is InChI=1S/C11H24N2O2/c1-7-13(10(4)8-12(5)6)11(14)15-9(2)3/h9-10H,7-8H2,1-6H3. The van der Waals surface area contributed by atoms with Gasteiger partial charge >= 0.3 is 6.09 Å². The van der Waals surface area contributed by atoms with Crippen LogP contribution >= 0.6 is 0 Å². The molecule has 0 aliphatic rings. The van der Waals surface area contributed by atoms with Crippen LogP contribution in [0.1, 0.15) is 27.7 Å². The second kappa shape index (κ2) is 6.67. The summed E-state index contributed by atoms with van der Waals surface area (Å²) in [4.78, 5) is 15.5. The zero-order valence-electron chi connectivity index (χ0n) is 10.8. The Balaban J connectivity index is 4.27. The van der Waals surface area contributed by atoms with Gasteiger partial charge in [0.2, 0.25) is 0 Å². The fourth-order valence-corrected chi connectivity index (χ4v) is 1.52. The van der Waals surface area contributed by atoms with Crippen molar-refractivity contribution in [1.82, 2.24) is 9.80 Å². The maximum Gasteiger partial charge on any atom is 0.410 e. The molecule has 4 nitrogen and oxygen atoms in total. The number of carbonyl (C=O) groups is 1. The van der Waals surface area contributed by atoms with Gasteiger partial charge in [-0.3, -0.25) is 0 Å². The molecule has 0 aliphatic carbocycles. The van der Waals surface area contributed by atoms with Crippen molar-refractivity contribution >= 4 is 6.09 Å². The van der Waals surface area contributed by atoms with E-state index >= 15 is 0 Å². The van der Waals surface area contributed by atoms with Crippen LogP contribution in [0.25, 0.3) is 0 Å². The summed E-state index contributed by atoms with van der Waals surface area (Å²) in [5.74, 6) is 0. The van der Waals surface area contributed by atoms with E-state index in [1.807, 2.05) is 41.8 Å². The number of ether oxygens (including phenoxy) is 1. The molecule has 0 fully saturated rings. The summed E-state index contributed by atoms with van der Waals surface area (Å²) < 4.78 is 5.17. The summed E-state index contributed by atoms with van der Waals surface area (Å²) in [6, 6.07) is 0.177. The van der Waals surface area contributed by atoms with Gasteiger partial charge in [-0.05, 0) is 41.8 Å². The van der Waals surface area contributed by atoms with Gasteiger partial charge < -0.3 is 14.5 Å². The summed E-state index contributed by atoms with van der Waals surface area (Å²) in [5, 5.41) is 0. The monoisotopic (exact) mass is 216 g/mol. The first-order chi connectivity index (χ1) is 6.88. The third-order valence-corrected chi connectivity index (χ3v) is 2.07. The molecular formula is C11H24N2O2. The fraction of sp³-hybridized carbons (Fsp3) is 0.909. The molecule has 1 unspecified atom stereocenters. The number of nitrogens with zero attached hydrogens (tertiary/aromatic N) is 2. The number of hydrogen-bond donors (Lipinski definition) is 0. The lowest BCUT2D eigenvalue weighted by atomic mass is 10.3. The van der Waals surface area contributed by atoms with Crippen molar-refractivity contribution in [3.63, 3.8) is 0 Å². The van der Waals surface area contributed by atoms with Crippen LogP contribution < -0.4 is 0 Å². The van der Waals surface area contributed by atoms with Gasteiger partial charge in [0.15, 0.2) is 0 Å². The fourth-order valence-electron chi connectivity index (χ4n) is 1.52. The zero-order valence-corrected chi connectivity index (χ0v) is 10.8. The predicted octanol–water partition coefficient (Wildman–Crippen LogP) is 1.80. The highest BCUT2D eigenvalue weighted by atomic mass is 16.6. The Morgan fingerprint density at radius 3 is 2.13 bits per heavy atom. The molecule has 0 aromatic heterocycles. The topological polar surface area (TPSA) is 32.8 Å². The molecule has 0 N–H and O–H groups in total. The van der Waals surface area contributed by atoms with E-state index in [0.29, 0.717) is 6.54 Å². The Bertz CT molecular complexity index is 193. The van der Waals surface area contributed by atoms with Crippen molar-refractivity contribution in [2.24, 2.45) is 0 Å². The van der Waals surface area contributed by atoms with Crippen molar-refractivity contribution in [1.29, 1.82) is 0 Å². The van der Waals surface area contributed by atoms with Crippen molar-refractivity contribution in [2.75, 3.05) is 27.2 Å². The molecule has 0 radical (unpaired) electrons. The molecule has 0 aromatic carbocycles. The van der Waals surface area contributed by atoms with E-state index in [9.17, 15) is 4.79 Å². The molecule has 0 saturated heterocycles. The third-order valence-electron chi connectivity index (χ3n) is 2.07. The Kier molecular flexibility index (Phi) is 6.32. The molecule has 0 bridgehead atoms. The molecule has 0 heterocycles. The van der Waals surface area contributed by atoms with Crippen LogP contribution in [0.2, 0.25) is 0 Å². The van der Waals surface area contributed by atoms with Gasteiger partial charge in [0.25, 0.3) is 0 Å². The quantitative estimate of drug-likeness (QED) is 0.702. The van der Waals surface area contributed by atoms with Crippen LogP contribution in [0.3, 0.4) is 0 Å². The minimum atomic E-state index is -0.221. The highest BCUT2D eigenvalue weighted by molar-refractivity contribution is 5.68. The molecule has 90 valence electrons. The third kappa shape index (κ3) is 5.62. The van der Waals surface area contributed by atoms with Crippen LogP contribution in [-0.4, -0.2) is 55.2 Å². The number of hydrogen-bond acceptors (Lipinski definition) is 3. The van der Waals surface area contributed by atoms with Gasteiger partial charge in [-0.15, -0.1) is 0 Å². The van der Waals surface area contributed by atoms with E-state index < -0.39 is 0 Å². The summed E-state index contributed by atoms with van der Waals surface area (Å²) in [7, 11) is 4.00. The van der Waals surface area contributed by atoms with Crippen molar-refractivity contribution < 1.29 is 9.53 Å².